The number of allylic oxidation sites excluding steroid dienone is 3. The molecule has 0 fully saturated rings. The average molecular weight is 284 g/mol. The number of nitrogens with zero attached hydrogens (tertiary/aromatic N) is 1. The molecule has 1 N–H and O–H groups in total. The summed E-state index contributed by atoms with van der Waals surface area (Å²) in [5.74, 6) is -0.270. The molecule has 106 valence electrons. The van der Waals surface area contributed by atoms with Crippen LogP contribution in [0.5, 0.6) is 0 Å². The van der Waals surface area contributed by atoms with Gasteiger partial charge in [-0.3, -0.25) is 4.79 Å². The normalized spacial score (nSPS) is 16.1. The first-order chi connectivity index (χ1) is 8.75. The second kappa shape index (κ2) is 6.16. The third-order valence-corrected chi connectivity index (χ3v) is 4.35. The summed E-state index contributed by atoms with van der Waals surface area (Å²) in [5.41, 5.74) is 0.350. The molecule has 0 bridgehead atoms. The first-order valence-electron chi connectivity index (χ1n) is 6.07. The summed E-state index contributed by atoms with van der Waals surface area (Å²) in [6.07, 6.45) is 6.91. The highest BCUT2D eigenvalue weighted by Gasteiger charge is 2.21. The number of amides is 1. The summed E-state index contributed by atoms with van der Waals surface area (Å²) in [6, 6.07) is 0.00272. The van der Waals surface area contributed by atoms with E-state index >= 15 is 0 Å². The Labute approximate surface area is 114 Å². The van der Waals surface area contributed by atoms with Crippen LogP contribution in [0.3, 0.4) is 0 Å². The van der Waals surface area contributed by atoms with Crippen molar-refractivity contribution < 1.29 is 13.2 Å². The highest BCUT2D eigenvalue weighted by atomic mass is 32.2. The first-order valence-corrected chi connectivity index (χ1v) is 7.51. The maximum absolute atomic E-state index is 12.1. The van der Waals surface area contributed by atoms with Crippen molar-refractivity contribution in [2.24, 2.45) is 0 Å². The summed E-state index contributed by atoms with van der Waals surface area (Å²) < 4.78 is 25.3. The van der Waals surface area contributed by atoms with Crippen LogP contribution in [0.15, 0.2) is 34.8 Å². The Bertz CT molecular complexity index is 540. The monoisotopic (exact) mass is 284 g/mol. The van der Waals surface area contributed by atoms with Crippen molar-refractivity contribution in [1.29, 1.82) is 0 Å². The van der Waals surface area contributed by atoms with Crippen LogP contribution in [0.1, 0.15) is 20.3 Å². The summed E-state index contributed by atoms with van der Waals surface area (Å²) in [4.78, 5) is 12.1. The SMILES string of the molecule is CC(C)NC(=O)C1=CC(S(=O)(=O)N(C)C)=CCC=C1. The lowest BCUT2D eigenvalue weighted by molar-refractivity contribution is -0.117. The molecule has 0 aromatic carbocycles. The molecular weight excluding hydrogens is 264 g/mol. The second-order valence-electron chi connectivity index (χ2n) is 4.76. The van der Waals surface area contributed by atoms with Gasteiger partial charge in [0.1, 0.15) is 0 Å². The number of nitrogens with one attached hydrogen (secondary N) is 1. The van der Waals surface area contributed by atoms with E-state index < -0.39 is 10.0 Å². The lowest BCUT2D eigenvalue weighted by Crippen LogP contribution is -2.31. The third kappa shape index (κ3) is 4.04. The van der Waals surface area contributed by atoms with Gasteiger partial charge in [-0.05, 0) is 26.3 Å². The molecule has 0 heterocycles. The Balaban J connectivity index is 3.11. The molecule has 19 heavy (non-hydrogen) atoms. The molecule has 5 nitrogen and oxygen atoms in total. The van der Waals surface area contributed by atoms with Gasteiger partial charge in [-0.2, -0.15) is 0 Å². The average Bonchev–Trinajstić information content (AvgIpc) is 2.53. The van der Waals surface area contributed by atoms with Crippen LogP contribution in [0.2, 0.25) is 0 Å². The standard InChI is InChI=1S/C13H20N2O3S/c1-10(2)14-13(16)11-7-5-6-8-12(9-11)19(17,18)15(3)4/h5,7-10H,6H2,1-4H3,(H,14,16). The van der Waals surface area contributed by atoms with Crippen LogP contribution in [0.25, 0.3) is 0 Å². The van der Waals surface area contributed by atoms with E-state index in [9.17, 15) is 13.2 Å². The minimum atomic E-state index is -3.52. The summed E-state index contributed by atoms with van der Waals surface area (Å²) in [6.45, 7) is 3.71. The van der Waals surface area contributed by atoms with Crippen LogP contribution in [-0.4, -0.2) is 38.8 Å². The van der Waals surface area contributed by atoms with Crippen LogP contribution in [0, 0.1) is 0 Å². The maximum Gasteiger partial charge on any atom is 0.251 e. The lowest BCUT2D eigenvalue weighted by Gasteiger charge is -2.13. The van der Waals surface area contributed by atoms with E-state index in [-0.39, 0.29) is 16.9 Å². The highest BCUT2D eigenvalue weighted by molar-refractivity contribution is 7.93. The molecule has 0 atom stereocenters. The smallest absolute Gasteiger partial charge is 0.251 e. The van der Waals surface area contributed by atoms with Gasteiger partial charge in [-0.15, -0.1) is 0 Å². The van der Waals surface area contributed by atoms with Gasteiger partial charge in [0.15, 0.2) is 0 Å². The topological polar surface area (TPSA) is 66.5 Å². The van der Waals surface area contributed by atoms with Crippen molar-refractivity contribution in [3.8, 4) is 0 Å². The van der Waals surface area contributed by atoms with Gasteiger partial charge in [0, 0.05) is 25.7 Å². The molecule has 0 saturated carbocycles. The third-order valence-electron chi connectivity index (χ3n) is 2.51. The zero-order chi connectivity index (χ0) is 14.6. The summed E-state index contributed by atoms with van der Waals surface area (Å²) >= 11 is 0. The van der Waals surface area contributed by atoms with Crippen molar-refractivity contribution >= 4 is 15.9 Å². The molecule has 1 amide bonds. The fraction of sp³-hybridized carbons (Fsp3) is 0.462. The Kier molecular flexibility index (Phi) is 5.08. The van der Waals surface area contributed by atoms with Gasteiger partial charge in [-0.25, -0.2) is 12.7 Å². The van der Waals surface area contributed by atoms with E-state index in [4.69, 9.17) is 0 Å². The van der Waals surface area contributed by atoms with Gasteiger partial charge < -0.3 is 5.32 Å². The Morgan fingerprint density at radius 3 is 2.53 bits per heavy atom. The number of hydrogen-bond acceptors (Lipinski definition) is 3. The van der Waals surface area contributed by atoms with Crippen LogP contribution in [0.4, 0.5) is 0 Å². The molecule has 0 aromatic heterocycles. The van der Waals surface area contributed by atoms with Gasteiger partial charge in [-0.1, -0.05) is 18.2 Å². The van der Waals surface area contributed by atoms with Crippen LogP contribution in [-0.2, 0) is 14.8 Å². The molecule has 0 radical (unpaired) electrons. The van der Waals surface area contributed by atoms with Gasteiger partial charge in [0.2, 0.25) is 10.0 Å². The van der Waals surface area contributed by atoms with Crippen LogP contribution >= 0.6 is 0 Å². The lowest BCUT2D eigenvalue weighted by atomic mass is 10.2. The number of sulfonamides is 1. The zero-order valence-electron chi connectivity index (χ0n) is 11.7. The van der Waals surface area contributed by atoms with E-state index in [1.54, 1.807) is 18.2 Å². The second-order valence-corrected chi connectivity index (χ2v) is 6.91. The van der Waals surface area contributed by atoms with Crippen LogP contribution < -0.4 is 5.32 Å². The molecule has 0 spiro atoms. The predicted molar refractivity (Wildman–Crippen MR) is 75.8 cm³/mol. The largest absolute Gasteiger partial charge is 0.350 e. The molecule has 0 aliphatic heterocycles. The zero-order valence-corrected chi connectivity index (χ0v) is 12.5. The van der Waals surface area contributed by atoms with Crippen molar-refractivity contribution in [2.75, 3.05) is 14.1 Å². The predicted octanol–water partition coefficient (Wildman–Crippen LogP) is 1.17. The van der Waals surface area contributed by atoms with Crippen molar-refractivity contribution in [1.82, 2.24) is 9.62 Å². The molecule has 0 aromatic rings. The Hall–Kier alpha value is -1.40. The molecule has 1 aliphatic carbocycles. The molecule has 6 heteroatoms. The Morgan fingerprint density at radius 1 is 1.37 bits per heavy atom. The number of rotatable bonds is 4. The van der Waals surface area contributed by atoms with Gasteiger partial charge in [0.05, 0.1) is 4.91 Å². The van der Waals surface area contributed by atoms with Gasteiger partial charge >= 0.3 is 0 Å². The van der Waals surface area contributed by atoms with E-state index in [1.807, 2.05) is 13.8 Å². The number of carbonyl (C=O) groups excluding carboxylic acids is 1. The van der Waals surface area contributed by atoms with Crippen molar-refractivity contribution in [3.05, 3.63) is 34.8 Å². The quantitative estimate of drug-likeness (QED) is 0.843. The van der Waals surface area contributed by atoms with E-state index in [0.29, 0.717) is 12.0 Å². The van der Waals surface area contributed by atoms with Gasteiger partial charge in [0.25, 0.3) is 5.91 Å². The number of carbonyl (C=O) groups is 1. The maximum atomic E-state index is 12.1. The Morgan fingerprint density at radius 2 is 2.00 bits per heavy atom. The molecular formula is C13H20N2O3S. The van der Waals surface area contributed by atoms with E-state index in [2.05, 4.69) is 5.32 Å². The highest BCUT2D eigenvalue weighted by Crippen LogP contribution is 2.18. The summed E-state index contributed by atoms with van der Waals surface area (Å²) in [7, 11) is -0.583. The molecule has 0 unspecified atom stereocenters. The minimum Gasteiger partial charge on any atom is -0.350 e. The minimum absolute atomic E-state index is 0.00272. The van der Waals surface area contributed by atoms with Crippen molar-refractivity contribution in [3.63, 3.8) is 0 Å². The van der Waals surface area contributed by atoms with E-state index in [0.717, 1.165) is 4.31 Å². The fourth-order valence-electron chi connectivity index (χ4n) is 1.52. The number of hydrogen-bond donors (Lipinski definition) is 1. The molecule has 1 rings (SSSR count). The fourth-order valence-corrected chi connectivity index (χ4v) is 2.52. The van der Waals surface area contributed by atoms with Crippen molar-refractivity contribution in [2.45, 2.75) is 26.3 Å². The summed E-state index contributed by atoms with van der Waals surface area (Å²) in [5, 5.41) is 2.75. The first kappa shape index (κ1) is 15.7. The molecule has 1 aliphatic rings. The molecule has 0 saturated heterocycles. The van der Waals surface area contributed by atoms with E-state index in [1.165, 1.54) is 20.2 Å².